The second-order valence-corrected chi connectivity index (χ2v) is 5.08. The molecule has 2 atom stereocenters. The van der Waals surface area contributed by atoms with E-state index in [1.807, 2.05) is 7.05 Å². The first-order valence-corrected chi connectivity index (χ1v) is 6.81. The molecule has 1 aliphatic carbocycles. The van der Waals surface area contributed by atoms with Crippen molar-refractivity contribution in [1.29, 1.82) is 0 Å². The van der Waals surface area contributed by atoms with Gasteiger partial charge < -0.3 is 10.1 Å². The Labute approximate surface area is 113 Å². The van der Waals surface area contributed by atoms with Gasteiger partial charge >= 0.3 is 0 Å². The van der Waals surface area contributed by atoms with Crippen LogP contribution in [0.5, 0.6) is 0 Å². The van der Waals surface area contributed by atoms with E-state index in [0.29, 0.717) is 18.6 Å². The van der Waals surface area contributed by atoms with Gasteiger partial charge in [-0.15, -0.1) is 0 Å². The van der Waals surface area contributed by atoms with E-state index >= 15 is 0 Å². The molecular formula is C15H21F2NO. The Morgan fingerprint density at radius 2 is 2.16 bits per heavy atom. The molecule has 1 aliphatic rings. The van der Waals surface area contributed by atoms with Gasteiger partial charge in [0, 0.05) is 12.6 Å². The van der Waals surface area contributed by atoms with Crippen LogP contribution in [0.15, 0.2) is 24.3 Å². The number of hydrogen-bond donors (Lipinski definition) is 1. The number of fused-ring (bicyclic) bond motifs is 1. The maximum atomic E-state index is 11.9. The largest absolute Gasteiger partial charge is 0.375 e. The number of rotatable bonds is 8. The van der Waals surface area contributed by atoms with Crippen LogP contribution in [0.2, 0.25) is 0 Å². The lowest BCUT2D eigenvalue weighted by Crippen LogP contribution is -2.32. The van der Waals surface area contributed by atoms with E-state index in [9.17, 15) is 8.78 Å². The van der Waals surface area contributed by atoms with E-state index in [-0.39, 0.29) is 0 Å². The lowest BCUT2D eigenvalue weighted by atomic mass is 9.74. The van der Waals surface area contributed by atoms with E-state index in [0.717, 1.165) is 19.3 Å². The molecule has 2 rings (SSSR count). The molecule has 0 saturated carbocycles. The van der Waals surface area contributed by atoms with E-state index in [1.54, 1.807) is 0 Å². The van der Waals surface area contributed by atoms with Crippen molar-refractivity contribution in [2.45, 2.75) is 37.6 Å². The number of benzene rings is 1. The lowest BCUT2D eigenvalue weighted by molar-refractivity contribution is 0.0142. The van der Waals surface area contributed by atoms with Gasteiger partial charge in [0.1, 0.15) is 6.61 Å². The molecule has 4 heteroatoms. The Morgan fingerprint density at radius 1 is 1.37 bits per heavy atom. The fourth-order valence-electron chi connectivity index (χ4n) is 2.69. The van der Waals surface area contributed by atoms with E-state index < -0.39 is 13.0 Å². The van der Waals surface area contributed by atoms with Crippen LogP contribution in [-0.2, 0) is 11.2 Å². The molecule has 0 spiro atoms. The Balaban J connectivity index is 1.72. The first-order valence-electron chi connectivity index (χ1n) is 6.81. The molecule has 2 nitrogen and oxygen atoms in total. The summed E-state index contributed by atoms with van der Waals surface area (Å²) in [5.41, 5.74) is 2.88. The molecule has 0 heterocycles. The first kappa shape index (κ1) is 14.4. The zero-order chi connectivity index (χ0) is 13.7. The Morgan fingerprint density at radius 3 is 2.84 bits per heavy atom. The predicted molar refractivity (Wildman–Crippen MR) is 71.8 cm³/mol. The summed E-state index contributed by atoms with van der Waals surface area (Å²) < 4.78 is 28.8. The third-order valence-electron chi connectivity index (χ3n) is 3.79. The highest BCUT2D eigenvalue weighted by atomic mass is 19.3. The summed E-state index contributed by atoms with van der Waals surface area (Å²) in [5.74, 6) is 0.601. The predicted octanol–water partition coefficient (Wildman–Crippen LogP) is 2.98. The van der Waals surface area contributed by atoms with Crippen LogP contribution in [0, 0.1) is 0 Å². The third kappa shape index (κ3) is 3.98. The van der Waals surface area contributed by atoms with Gasteiger partial charge in [0.05, 0.1) is 0 Å². The molecule has 1 aromatic carbocycles. The van der Waals surface area contributed by atoms with Gasteiger partial charge in [-0.3, -0.25) is 0 Å². The maximum absolute atomic E-state index is 11.9. The number of hydrogen-bond acceptors (Lipinski definition) is 2. The molecule has 106 valence electrons. The minimum atomic E-state index is -2.37. The molecule has 0 radical (unpaired) electrons. The monoisotopic (exact) mass is 269 g/mol. The highest BCUT2D eigenvalue weighted by Crippen LogP contribution is 2.38. The smallest absolute Gasteiger partial charge is 0.261 e. The SMILES string of the molecule is CNC(CCOCC(F)F)CC1Cc2ccccc21. The normalized spacial score (nSPS) is 19.1. The van der Waals surface area contributed by atoms with Gasteiger partial charge in [0.25, 0.3) is 6.43 Å². The van der Waals surface area contributed by atoms with Crippen LogP contribution in [0.3, 0.4) is 0 Å². The molecule has 0 fully saturated rings. The molecule has 0 amide bonds. The van der Waals surface area contributed by atoms with Crippen LogP contribution in [-0.4, -0.2) is 32.7 Å². The average molecular weight is 269 g/mol. The molecule has 1 aromatic rings. The van der Waals surface area contributed by atoms with Crippen molar-refractivity contribution in [3.63, 3.8) is 0 Å². The summed E-state index contributed by atoms with van der Waals surface area (Å²) in [5, 5.41) is 3.25. The molecule has 0 bridgehead atoms. The van der Waals surface area contributed by atoms with Gasteiger partial charge in [-0.2, -0.15) is 0 Å². The van der Waals surface area contributed by atoms with Gasteiger partial charge in [-0.25, -0.2) is 8.78 Å². The Hall–Kier alpha value is -1.00. The standard InChI is InChI=1S/C15H21F2NO/c1-18-13(6-7-19-10-15(16)17)9-12-8-11-4-2-3-5-14(11)12/h2-5,12-13,15,18H,6-10H2,1H3. The molecule has 19 heavy (non-hydrogen) atoms. The molecule has 0 saturated heterocycles. The maximum Gasteiger partial charge on any atom is 0.261 e. The van der Waals surface area contributed by atoms with E-state index in [1.165, 1.54) is 11.1 Å². The fourth-order valence-corrected chi connectivity index (χ4v) is 2.69. The minimum Gasteiger partial charge on any atom is -0.375 e. The zero-order valence-electron chi connectivity index (χ0n) is 11.2. The fraction of sp³-hybridized carbons (Fsp3) is 0.600. The van der Waals surface area contributed by atoms with Crippen LogP contribution in [0.25, 0.3) is 0 Å². The highest BCUT2D eigenvalue weighted by Gasteiger charge is 2.27. The first-order chi connectivity index (χ1) is 9.20. The second kappa shape index (κ2) is 6.96. The van der Waals surface area contributed by atoms with Gasteiger partial charge in [0.15, 0.2) is 0 Å². The Bertz CT molecular complexity index is 397. The second-order valence-electron chi connectivity index (χ2n) is 5.08. The summed E-state index contributed by atoms with van der Waals surface area (Å²) in [6.07, 6.45) is 0.589. The quantitative estimate of drug-likeness (QED) is 0.733. The van der Waals surface area contributed by atoms with Crippen LogP contribution < -0.4 is 5.32 Å². The third-order valence-corrected chi connectivity index (χ3v) is 3.79. The summed E-state index contributed by atoms with van der Waals surface area (Å²) in [6.45, 7) is -0.0626. The molecule has 0 aromatic heterocycles. The highest BCUT2D eigenvalue weighted by molar-refractivity contribution is 5.39. The summed E-state index contributed by atoms with van der Waals surface area (Å²) in [7, 11) is 1.92. The van der Waals surface area contributed by atoms with E-state index in [2.05, 4.69) is 29.6 Å². The van der Waals surface area contributed by atoms with E-state index in [4.69, 9.17) is 4.74 Å². The van der Waals surface area contributed by atoms with Crippen molar-refractivity contribution in [1.82, 2.24) is 5.32 Å². The minimum absolute atomic E-state index is 0.330. The topological polar surface area (TPSA) is 21.3 Å². The van der Waals surface area contributed by atoms with Gasteiger partial charge in [-0.1, -0.05) is 24.3 Å². The summed E-state index contributed by atoms with van der Waals surface area (Å²) in [6, 6.07) is 8.83. The van der Waals surface area contributed by atoms with Crippen LogP contribution in [0.1, 0.15) is 29.9 Å². The van der Waals surface area contributed by atoms with Crippen molar-refractivity contribution in [3.8, 4) is 0 Å². The molecule has 1 N–H and O–H groups in total. The summed E-state index contributed by atoms with van der Waals surface area (Å²) >= 11 is 0. The van der Waals surface area contributed by atoms with Crippen LogP contribution in [0.4, 0.5) is 8.78 Å². The van der Waals surface area contributed by atoms with Crippen molar-refractivity contribution in [2.75, 3.05) is 20.3 Å². The number of nitrogens with one attached hydrogen (secondary N) is 1. The van der Waals surface area contributed by atoms with Gasteiger partial charge in [0.2, 0.25) is 0 Å². The average Bonchev–Trinajstić information content (AvgIpc) is 2.38. The molecule has 2 unspecified atom stereocenters. The van der Waals surface area contributed by atoms with Crippen molar-refractivity contribution in [2.24, 2.45) is 0 Å². The zero-order valence-corrected chi connectivity index (χ0v) is 11.2. The van der Waals surface area contributed by atoms with Crippen molar-refractivity contribution >= 4 is 0 Å². The van der Waals surface area contributed by atoms with Crippen LogP contribution >= 0.6 is 0 Å². The Kier molecular flexibility index (Phi) is 5.28. The van der Waals surface area contributed by atoms with Crippen molar-refractivity contribution in [3.05, 3.63) is 35.4 Å². The van der Waals surface area contributed by atoms with Crippen molar-refractivity contribution < 1.29 is 13.5 Å². The number of halogens is 2. The number of ether oxygens (including phenoxy) is 1. The molecular weight excluding hydrogens is 248 g/mol. The number of alkyl halides is 2. The summed E-state index contributed by atoms with van der Waals surface area (Å²) in [4.78, 5) is 0. The molecule has 0 aliphatic heterocycles. The lowest BCUT2D eigenvalue weighted by Gasteiger charge is -2.33. The van der Waals surface area contributed by atoms with Gasteiger partial charge in [-0.05, 0) is 43.4 Å².